The van der Waals surface area contributed by atoms with Crippen LogP contribution < -0.4 is 4.90 Å². The van der Waals surface area contributed by atoms with Crippen LogP contribution in [0.2, 0.25) is 0 Å². The number of nitriles is 1. The molecule has 2 heterocycles. The lowest BCUT2D eigenvalue weighted by molar-refractivity contribution is -0.117. The van der Waals surface area contributed by atoms with Crippen molar-refractivity contribution in [2.24, 2.45) is 5.92 Å². The van der Waals surface area contributed by atoms with Gasteiger partial charge in [-0.25, -0.2) is 0 Å². The first-order valence-electron chi connectivity index (χ1n) is 9.66. The molecule has 1 saturated heterocycles. The zero-order valence-corrected chi connectivity index (χ0v) is 15.6. The Balaban J connectivity index is 1.49. The zero-order valence-electron chi connectivity index (χ0n) is 15.6. The minimum atomic E-state index is -0.0872. The molecule has 1 fully saturated rings. The van der Waals surface area contributed by atoms with E-state index in [1.165, 1.54) is 0 Å². The lowest BCUT2D eigenvalue weighted by Gasteiger charge is -2.26. The molecule has 2 aromatic carbocycles. The van der Waals surface area contributed by atoms with Crippen molar-refractivity contribution in [3.63, 3.8) is 0 Å². The topological polar surface area (TPSA) is 53.3 Å². The summed E-state index contributed by atoms with van der Waals surface area (Å²) in [4.78, 5) is 13.6. The number of hydrogen-bond donors (Lipinski definition) is 0. The number of carbonyl (C=O) groups excluding carboxylic acids is 1. The number of anilines is 1. The van der Waals surface area contributed by atoms with Gasteiger partial charge in [-0.3, -0.25) is 4.79 Å². The van der Waals surface area contributed by atoms with Gasteiger partial charge in [0.05, 0.1) is 24.5 Å². The summed E-state index contributed by atoms with van der Waals surface area (Å²) in [6.07, 6.45) is 4.51. The second-order valence-electron chi connectivity index (χ2n) is 7.51. The van der Waals surface area contributed by atoms with Gasteiger partial charge >= 0.3 is 0 Å². The van der Waals surface area contributed by atoms with Crippen molar-refractivity contribution in [3.8, 4) is 17.2 Å². The highest BCUT2D eigenvalue weighted by Crippen LogP contribution is 2.33. The number of carbonyl (C=O) groups is 1. The minimum absolute atomic E-state index is 0.0632. The number of amides is 1. The molecule has 2 unspecified atom stereocenters. The van der Waals surface area contributed by atoms with Crippen LogP contribution in [0.15, 0.2) is 42.5 Å². The largest absolute Gasteiger partial charge is 0.377 e. The fourth-order valence-electron chi connectivity index (χ4n) is 4.05. The standard InChI is InChI=1S/C23H24N2O2/c1-25-21-13-18(9-10-19(21)14-23(25)26)17-7-5-16(6-8-17)12-20(15-24)22-4-2-3-11-27-22/h5-10,13,20,22H,2-4,11-12,14H2,1H3. The van der Waals surface area contributed by atoms with E-state index in [-0.39, 0.29) is 17.9 Å². The van der Waals surface area contributed by atoms with Gasteiger partial charge < -0.3 is 9.64 Å². The second kappa shape index (κ2) is 7.54. The summed E-state index contributed by atoms with van der Waals surface area (Å²) in [5.74, 6) is 0.0563. The van der Waals surface area contributed by atoms with Crippen molar-refractivity contribution >= 4 is 11.6 Å². The van der Waals surface area contributed by atoms with Gasteiger partial charge in [-0.2, -0.15) is 5.26 Å². The first-order valence-corrected chi connectivity index (χ1v) is 9.66. The number of likely N-dealkylation sites (N-methyl/N-ethyl adjacent to an activating group) is 1. The van der Waals surface area contributed by atoms with Crippen molar-refractivity contribution in [2.75, 3.05) is 18.6 Å². The van der Waals surface area contributed by atoms with E-state index in [0.29, 0.717) is 6.42 Å². The Bertz CT molecular complexity index is 876. The Hall–Kier alpha value is -2.64. The molecule has 0 aliphatic carbocycles. The van der Waals surface area contributed by atoms with Crippen LogP contribution in [0.25, 0.3) is 11.1 Å². The first kappa shape index (κ1) is 17.8. The molecule has 4 rings (SSSR count). The molecule has 0 N–H and O–H groups in total. The second-order valence-corrected chi connectivity index (χ2v) is 7.51. The fourth-order valence-corrected chi connectivity index (χ4v) is 4.05. The van der Waals surface area contributed by atoms with E-state index in [9.17, 15) is 10.1 Å². The molecule has 2 aliphatic heterocycles. The summed E-state index contributed by atoms with van der Waals surface area (Å²) in [6, 6.07) is 17.1. The maximum atomic E-state index is 11.9. The highest BCUT2D eigenvalue weighted by molar-refractivity contribution is 6.01. The lowest BCUT2D eigenvalue weighted by atomic mass is 9.90. The number of hydrogen-bond acceptors (Lipinski definition) is 3. The predicted octanol–water partition coefficient (Wildman–Crippen LogP) is 4.12. The zero-order chi connectivity index (χ0) is 18.8. The van der Waals surface area contributed by atoms with Crippen LogP contribution in [0.3, 0.4) is 0 Å². The van der Waals surface area contributed by atoms with Crippen LogP contribution in [0.1, 0.15) is 30.4 Å². The number of nitrogens with zero attached hydrogens (tertiary/aromatic N) is 2. The molecule has 0 bridgehead atoms. The minimum Gasteiger partial charge on any atom is -0.377 e. The maximum absolute atomic E-state index is 11.9. The van der Waals surface area contributed by atoms with E-state index in [0.717, 1.165) is 60.2 Å². The average molecular weight is 360 g/mol. The molecule has 2 atom stereocenters. The van der Waals surface area contributed by atoms with Crippen LogP contribution in [-0.2, 0) is 22.4 Å². The summed E-state index contributed by atoms with van der Waals surface area (Å²) in [6.45, 7) is 0.775. The van der Waals surface area contributed by atoms with Gasteiger partial charge in [0, 0.05) is 19.3 Å². The maximum Gasteiger partial charge on any atom is 0.231 e. The SMILES string of the molecule is CN1C(=O)Cc2ccc(-c3ccc(CC(C#N)C4CCCCO4)cc3)cc21. The monoisotopic (exact) mass is 360 g/mol. The molecule has 0 aromatic heterocycles. The Morgan fingerprint density at radius 3 is 2.67 bits per heavy atom. The van der Waals surface area contributed by atoms with Crippen LogP contribution in [0.5, 0.6) is 0 Å². The summed E-state index contributed by atoms with van der Waals surface area (Å²) in [7, 11) is 1.83. The van der Waals surface area contributed by atoms with E-state index in [1.807, 2.05) is 13.1 Å². The van der Waals surface area contributed by atoms with E-state index < -0.39 is 0 Å². The van der Waals surface area contributed by atoms with E-state index >= 15 is 0 Å². The van der Waals surface area contributed by atoms with Crippen molar-refractivity contribution in [3.05, 3.63) is 53.6 Å². The third-order valence-corrected chi connectivity index (χ3v) is 5.73. The molecule has 4 heteroatoms. The van der Waals surface area contributed by atoms with Gasteiger partial charge in [-0.05, 0) is 54.0 Å². The number of benzene rings is 2. The van der Waals surface area contributed by atoms with Gasteiger partial charge in [-0.1, -0.05) is 36.4 Å². The van der Waals surface area contributed by atoms with Gasteiger partial charge in [0.1, 0.15) is 0 Å². The number of rotatable bonds is 4. The molecule has 0 radical (unpaired) electrons. The molecule has 2 aliphatic rings. The lowest BCUT2D eigenvalue weighted by Crippen LogP contribution is -2.28. The van der Waals surface area contributed by atoms with Gasteiger partial charge in [0.25, 0.3) is 0 Å². The quantitative estimate of drug-likeness (QED) is 0.824. The summed E-state index contributed by atoms with van der Waals surface area (Å²) >= 11 is 0. The Labute approximate surface area is 160 Å². The van der Waals surface area contributed by atoms with Gasteiger partial charge in [0.15, 0.2) is 0 Å². The van der Waals surface area contributed by atoms with Crippen LogP contribution in [-0.4, -0.2) is 25.7 Å². The van der Waals surface area contributed by atoms with Crippen molar-refractivity contribution in [2.45, 2.75) is 38.2 Å². The fraction of sp³-hybridized carbons (Fsp3) is 0.391. The average Bonchev–Trinajstić information content (AvgIpc) is 3.00. The van der Waals surface area contributed by atoms with Gasteiger partial charge in [-0.15, -0.1) is 0 Å². The van der Waals surface area contributed by atoms with Crippen molar-refractivity contribution in [1.82, 2.24) is 0 Å². The third-order valence-electron chi connectivity index (χ3n) is 5.73. The Morgan fingerprint density at radius 2 is 1.96 bits per heavy atom. The highest BCUT2D eigenvalue weighted by Gasteiger charge is 2.25. The molecule has 4 nitrogen and oxygen atoms in total. The van der Waals surface area contributed by atoms with E-state index in [2.05, 4.69) is 42.5 Å². The van der Waals surface area contributed by atoms with E-state index in [4.69, 9.17) is 4.74 Å². The summed E-state index contributed by atoms with van der Waals surface area (Å²) in [5, 5.41) is 9.55. The summed E-state index contributed by atoms with van der Waals surface area (Å²) < 4.78 is 5.80. The van der Waals surface area contributed by atoms with Crippen LogP contribution in [0.4, 0.5) is 5.69 Å². The molecular weight excluding hydrogens is 336 g/mol. The Kier molecular flexibility index (Phi) is 4.96. The smallest absolute Gasteiger partial charge is 0.231 e. The summed E-state index contributed by atoms with van der Waals surface area (Å²) in [5.41, 5.74) is 5.48. The van der Waals surface area contributed by atoms with Gasteiger partial charge in [0.2, 0.25) is 5.91 Å². The Morgan fingerprint density at radius 1 is 1.19 bits per heavy atom. The normalized spacial score (nSPS) is 20.2. The van der Waals surface area contributed by atoms with Crippen molar-refractivity contribution in [1.29, 1.82) is 5.26 Å². The third kappa shape index (κ3) is 3.61. The predicted molar refractivity (Wildman–Crippen MR) is 105 cm³/mol. The van der Waals surface area contributed by atoms with E-state index in [1.54, 1.807) is 4.90 Å². The number of fused-ring (bicyclic) bond motifs is 1. The molecule has 138 valence electrons. The highest BCUT2D eigenvalue weighted by atomic mass is 16.5. The van der Waals surface area contributed by atoms with Crippen LogP contribution in [0, 0.1) is 17.2 Å². The number of ether oxygens (including phenoxy) is 1. The molecule has 1 amide bonds. The first-order chi connectivity index (χ1) is 13.2. The molecule has 0 saturated carbocycles. The molecular formula is C23H24N2O2. The van der Waals surface area contributed by atoms with Crippen LogP contribution >= 0.6 is 0 Å². The molecule has 27 heavy (non-hydrogen) atoms. The molecule has 2 aromatic rings. The van der Waals surface area contributed by atoms with Crippen molar-refractivity contribution < 1.29 is 9.53 Å². The molecule has 0 spiro atoms.